The number of rotatable bonds is 9. The van der Waals surface area contributed by atoms with Crippen LogP contribution in [0.3, 0.4) is 0 Å². The number of nitrogens with zero attached hydrogens (tertiary/aromatic N) is 1. The van der Waals surface area contributed by atoms with Gasteiger partial charge in [-0.2, -0.15) is 0 Å². The van der Waals surface area contributed by atoms with E-state index in [0.29, 0.717) is 32.2 Å². The number of hydrogen-bond donors (Lipinski definition) is 0. The Balaban J connectivity index is 2.19. The molecule has 1 saturated heterocycles. The van der Waals surface area contributed by atoms with E-state index in [-0.39, 0.29) is 11.7 Å². The van der Waals surface area contributed by atoms with Gasteiger partial charge >= 0.3 is 23.9 Å². The number of carbonyl (C=O) groups excluding carboxylic acids is 5. The summed E-state index contributed by atoms with van der Waals surface area (Å²) in [4.78, 5) is 60.3. The molecule has 1 aliphatic heterocycles. The minimum Gasteiger partial charge on any atom is -0.491 e. The van der Waals surface area contributed by atoms with Gasteiger partial charge in [-0.3, -0.25) is 28.5 Å². The van der Waals surface area contributed by atoms with Crippen LogP contribution in [0.5, 0.6) is 11.5 Å². The van der Waals surface area contributed by atoms with Gasteiger partial charge in [-0.25, -0.2) is 0 Å². The van der Waals surface area contributed by atoms with Crippen LogP contribution in [0.15, 0.2) is 21.2 Å². The zero-order chi connectivity index (χ0) is 30.6. The molecule has 0 unspecified atom stereocenters. The molecule has 0 bridgehead atoms. The van der Waals surface area contributed by atoms with Gasteiger partial charge in [0.25, 0.3) is 0 Å². The molecule has 0 spiro atoms. The second-order valence-electron chi connectivity index (χ2n) is 8.90. The molecule has 0 N–H and O–H groups in total. The number of ether oxygens (including phenoxy) is 7. The SMILES string of the molecule is CCOc1c(Br)cc2c(c(O[C@@H]3O[C@H](COC(C)=O)[C@@H](OC(C)=O)[C@H](OC(C)=O)[C@H]3OC(C)=O)cn2C(C)=O)c1Br. The Bertz CT molecular complexity index is 1360. The van der Waals surface area contributed by atoms with Gasteiger partial charge in [0.2, 0.25) is 18.3 Å². The predicted molar refractivity (Wildman–Crippen MR) is 147 cm³/mol. The molecule has 1 aromatic heterocycles. The fourth-order valence-corrected chi connectivity index (χ4v) is 5.82. The van der Waals surface area contributed by atoms with Crippen LogP contribution in [-0.2, 0) is 42.9 Å². The van der Waals surface area contributed by atoms with E-state index < -0.39 is 61.2 Å². The van der Waals surface area contributed by atoms with Crippen molar-refractivity contribution in [3.8, 4) is 11.5 Å². The van der Waals surface area contributed by atoms with E-state index in [1.54, 1.807) is 13.0 Å². The molecule has 1 fully saturated rings. The molecule has 0 aliphatic carbocycles. The monoisotopic (exact) mass is 705 g/mol. The topological polar surface area (TPSA) is 155 Å². The summed E-state index contributed by atoms with van der Waals surface area (Å²) in [5.74, 6) is -2.76. The minimum absolute atomic E-state index is 0.108. The van der Waals surface area contributed by atoms with E-state index in [9.17, 15) is 24.0 Å². The highest BCUT2D eigenvalue weighted by molar-refractivity contribution is 9.11. The van der Waals surface area contributed by atoms with Crippen LogP contribution in [0.25, 0.3) is 10.9 Å². The normalized spacial score (nSPS) is 22.0. The Hall–Kier alpha value is -3.17. The van der Waals surface area contributed by atoms with Crippen molar-refractivity contribution in [3.63, 3.8) is 0 Å². The average molecular weight is 707 g/mol. The quantitative estimate of drug-likeness (QED) is 0.276. The van der Waals surface area contributed by atoms with E-state index in [1.165, 1.54) is 24.6 Å². The van der Waals surface area contributed by atoms with Crippen LogP contribution in [-0.4, -0.2) is 78.3 Å². The third kappa shape index (κ3) is 7.57. The Morgan fingerprint density at radius 1 is 0.878 bits per heavy atom. The zero-order valence-electron chi connectivity index (χ0n) is 23.1. The molecule has 2 aromatic rings. The fraction of sp³-hybridized carbons (Fsp3) is 0.500. The van der Waals surface area contributed by atoms with Crippen molar-refractivity contribution in [2.75, 3.05) is 13.2 Å². The summed E-state index contributed by atoms with van der Waals surface area (Å²) in [6.07, 6.45) is -5.50. The Morgan fingerprint density at radius 2 is 1.46 bits per heavy atom. The molecule has 0 saturated carbocycles. The molecule has 41 heavy (non-hydrogen) atoms. The van der Waals surface area contributed by atoms with Gasteiger partial charge in [-0.05, 0) is 44.8 Å². The maximum absolute atomic E-state index is 12.5. The number of aromatic nitrogens is 1. The highest BCUT2D eigenvalue weighted by atomic mass is 79.9. The summed E-state index contributed by atoms with van der Waals surface area (Å²) in [5.41, 5.74) is 0.445. The van der Waals surface area contributed by atoms with Crippen LogP contribution < -0.4 is 9.47 Å². The molecule has 15 heteroatoms. The van der Waals surface area contributed by atoms with Gasteiger partial charge in [0, 0.05) is 34.6 Å². The minimum atomic E-state index is -1.49. The lowest BCUT2D eigenvalue weighted by molar-refractivity contribution is -0.288. The third-order valence-electron chi connectivity index (χ3n) is 5.73. The van der Waals surface area contributed by atoms with Crippen molar-refractivity contribution in [2.45, 2.75) is 72.2 Å². The summed E-state index contributed by atoms with van der Waals surface area (Å²) in [5, 5.41) is 0.416. The van der Waals surface area contributed by atoms with Gasteiger partial charge in [-0.1, -0.05) is 0 Å². The number of esters is 4. The van der Waals surface area contributed by atoms with E-state index in [1.807, 2.05) is 0 Å². The lowest BCUT2D eigenvalue weighted by Gasteiger charge is -2.43. The van der Waals surface area contributed by atoms with Crippen LogP contribution >= 0.6 is 31.9 Å². The molecule has 0 radical (unpaired) electrons. The summed E-state index contributed by atoms with van der Waals surface area (Å²) in [6.45, 7) is 7.62. The van der Waals surface area contributed by atoms with Gasteiger partial charge in [0.15, 0.2) is 12.2 Å². The smallest absolute Gasteiger partial charge is 0.303 e. The second kappa shape index (κ2) is 13.7. The number of halogens is 2. The van der Waals surface area contributed by atoms with Crippen molar-refractivity contribution in [3.05, 3.63) is 21.2 Å². The van der Waals surface area contributed by atoms with Crippen LogP contribution in [0.4, 0.5) is 0 Å². The molecule has 224 valence electrons. The molecule has 2 heterocycles. The molecule has 3 rings (SSSR count). The fourth-order valence-electron chi connectivity index (χ4n) is 4.30. The predicted octanol–water partition coefficient (Wildman–Crippen LogP) is 3.69. The summed E-state index contributed by atoms with van der Waals surface area (Å²) in [7, 11) is 0. The maximum atomic E-state index is 12.5. The Morgan fingerprint density at radius 3 is 2.00 bits per heavy atom. The summed E-state index contributed by atoms with van der Waals surface area (Å²) >= 11 is 6.99. The Labute approximate surface area is 251 Å². The second-order valence-corrected chi connectivity index (χ2v) is 10.5. The van der Waals surface area contributed by atoms with Crippen molar-refractivity contribution >= 4 is 72.5 Å². The zero-order valence-corrected chi connectivity index (χ0v) is 26.2. The maximum Gasteiger partial charge on any atom is 0.303 e. The standard InChI is InChI=1S/C26H29Br2NO12/c1-7-35-22-16(27)8-17-20(21(22)28)18(9-29(17)11(2)30)40-26-25(39-15(6)34)24(38-14(5)33)23(37-13(4)32)19(41-26)10-36-12(3)31/h8-9,19,23-26H,7,10H2,1-6H3/t19-,23-,24+,25-,26-/m1/s1. The van der Waals surface area contributed by atoms with Gasteiger partial charge < -0.3 is 33.2 Å². The van der Waals surface area contributed by atoms with Crippen LogP contribution in [0.1, 0.15) is 46.3 Å². The highest BCUT2D eigenvalue weighted by Gasteiger charge is 2.53. The molecular weight excluding hydrogens is 678 g/mol. The molecule has 5 atom stereocenters. The van der Waals surface area contributed by atoms with Gasteiger partial charge in [0.05, 0.1) is 32.7 Å². The molecule has 13 nitrogen and oxygen atoms in total. The van der Waals surface area contributed by atoms with Gasteiger partial charge in [-0.15, -0.1) is 0 Å². The number of fused-ring (bicyclic) bond motifs is 1. The first kappa shape index (κ1) is 32.3. The number of carbonyl (C=O) groups is 5. The van der Waals surface area contributed by atoms with Crippen molar-refractivity contribution < 1.29 is 57.1 Å². The first-order valence-electron chi connectivity index (χ1n) is 12.4. The van der Waals surface area contributed by atoms with E-state index in [0.717, 1.165) is 20.8 Å². The van der Waals surface area contributed by atoms with E-state index >= 15 is 0 Å². The van der Waals surface area contributed by atoms with E-state index in [4.69, 9.17) is 33.2 Å². The first-order chi connectivity index (χ1) is 19.2. The van der Waals surface area contributed by atoms with Crippen molar-refractivity contribution in [1.82, 2.24) is 4.57 Å². The summed E-state index contributed by atoms with van der Waals surface area (Å²) < 4.78 is 41.8. The Kier molecular flexibility index (Phi) is 10.8. The first-order valence-corrected chi connectivity index (χ1v) is 14.0. The third-order valence-corrected chi connectivity index (χ3v) is 7.07. The lowest BCUT2D eigenvalue weighted by Crippen LogP contribution is -2.63. The van der Waals surface area contributed by atoms with Gasteiger partial charge in [0.1, 0.15) is 24.2 Å². The lowest BCUT2D eigenvalue weighted by atomic mass is 9.98. The number of hydrogen-bond acceptors (Lipinski definition) is 12. The van der Waals surface area contributed by atoms with E-state index in [2.05, 4.69) is 31.9 Å². The van der Waals surface area contributed by atoms with Crippen LogP contribution in [0.2, 0.25) is 0 Å². The molecule has 1 aromatic carbocycles. The summed E-state index contributed by atoms with van der Waals surface area (Å²) in [6, 6.07) is 1.67. The number of benzene rings is 1. The van der Waals surface area contributed by atoms with Crippen molar-refractivity contribution in [2.24, 2.45) is 0 Å². The molecule has 0 amide bonds. The molecule has 1 aliphatic rings. The largest absolute Gasteiger partial charge is 0.491 e. The van der Waals surface area contributed by atoms with Crippen LogP contribution in [0, 0.1) is 0 Å². The van der Waals surface area contributed by atoms with Crippen molar-refractivity contribution in [1.29, 1.82) is 0 Å². The molecular formula is C26H29Br2NO12. The average Bonchev–Trinajstić information content (AvgIpc) is 3.21. The highest BCUT2D eigenvalue weighted by Crippen LogP contribution is 2.45.